The number of rotatable bonds is 4. The molecule has 0 heterocycles. The second-order valence-corrected chi connectivity index (χ2v) is 4.40. The van der Waals surface area contributed by atoms with Crippen LogP contribution in [-0.4, -0.2) is 44.0 Å². The molecule has 1 rings (SSSR count). The zero-order valence-corrected chi connectivity index (χ0v) is 11.5. The zero-order valence-electron chi connectivity index (χ0n) is 11.5. The van der Waals surface area contributed by atoms with Gasteiger partial charge >= 0.3 is 6.03 Å². The molecule has 0 atom stereocenters. The summed E-state index contributed by atoms with van der Waals surface area (Å²) in [6.07, 6.45) is 0. The predicted molar refractivity (Wildman–Crippen MR) is 75.0 cm³/mol. The van der Waals surface area contributed by atoms with Crippen molar-refractivity contribution in [1.29, 1.82) is 0 Å². The highest BCUT2D eigenvalue weighted by Crippen LogP contribution is 2.14. The van der Waals surface area contributed by atoms with E-state index in [1.54, 1.807) is 39.2 Å². The zero-order chi connectivity index (χ0) is 14.4. The number of anilines is 1. The number of benzene rings is 1. The summed E-state index contributed by atoms with van der Waals surface area (Å²) in [6.45, 7) is 2.55. The predicted octanol–water partition coefficient (Wildman–Crippen LogP) is 0.578. The molecule has 0 saturated heterocycles. The van der Waals surface area contributed by atoms with Crippen molar-refractivity contribution < 1.29 is 9.59 Å². The van der Waals surface area contributed by atoms with E-state index in [4.69, 9.17) is 5.73 Å². The second-order valence-electron chi connectivity index (χ2n) is 4.40. The molecule has 104 valence electrons. The number of urea groups is 1. The van der Waals surface area contributed by atoms with Gasteiger partial charge in [-0.25, -0.2) is 4.79 Å². The lowest BCUT2D eigenvalue weighted by molar-refractivity contribution is 0.0953. The van der Waals surface area contributed by atoms with E-state index in [2.05, 4.69) is 10.6 Å². The van der Waals surface area contributed by atoms with Crippen molar-refractivity contribution in [3.63, 3.8) is 0 Å². The Morgan fingerprint density at radius 2 is 1.84 bits per heavy atom. The number of nitrogens with two attached hydrogens (primary N) is 1. The molecule has 1 aromatic carbocycles. The van der Waals surface area contributed by atoms with Crippen molar-refractivity contribution in [2.24, 2.45) is 0 Å². The maximum atomic E-state index is 11.9. The molecule has 6 heteroatoms. The molecule has 19 heavy (non-hydrogen) atoms. The van der Waals surface area contributed by atoms with Gasteiger partial charge in [-0.05, 0) is 24.6 Å². The lowest BCUT2D eigenvalue weighted by atomic mass is 10.1. The van der Waals surface area contributed by atoms with Gasteiger partial charge in [0.25, 0.3) is 5.91 Å². The molecule has 0 aliphatic rings. The number of carbonyl (C=O) groups excluding carboxylic acids is 2. The minimum Gasteiger partial charge on any atom is -0.398 e. The Hall–Kier alpha value is -2.24. The van der Waals surface area contributed by atoms with Gasteiger partial charge in [0.15, 0.2) is 0 Å². The topological polar surface area (TPSA) is 87.5 Å². The fourth-order valence-corrected chi connectivity index (χ4v) is 1.50. The van der Waals surface area contributed by atoms with Crippen LogP contribution < -0.4 is 16.4 Å². The van der Waals surface area contributed by atoms with E-state index in [9.17, 15) is 9.59 Å². The van der Waals surface area contributed by atoms with Gasteiger partial charge in [-0.2, -0.15) is 0 Å². The number of carbonyl (C=O) groups is 2. The third-order valence-corrected chi connectivity index (χ3v) is 2.71. The van der Waals surface area contributed by atoms with E-state index in [0.717, 1.165) is 5.56 Å². The molecule has 0 saturated carbocycles. The molecule has 0 fully saturated rings. The molecule has 4 N–H and O–H groups in total. The van der Waals surface area contributed by atoms with Gasteiger partial charge in [-0.3, -0.25) is 4.79 Å². The third kappa shape index (κ3) is 4.17. The highest BCUT2D eigenvalue weighted by molar-refractivity contribution is 5.96. The highest BCUT2D eigenvalue weighted by Gasteiger charge is 2.09. The van der Waals surface area contributed by atoms with Gasteiger partial charge in [0.05, 0.1) is 0 Å². The Labute approximate surface area is 113 Å². The molecule has 0 unspecified atom stereocenters. The van der Waals surface area contributed by atoms with Crippen LogP contribution in [0.25, 0.3) is 0 Å². The Kier molecular flexibility index (Phi) is 5.17. The quantitative estimate of drug-likeness (QED) is 0.549. The van der Waals surface area contributed by atoms with Gasteiger partial charge < -0.3 is 21.3 Å². The number of hydrogen-bond acceptors (Lipinski definition) is 3. The maximum absolute atomic E-state index is 11.9. The van der Waals surface area contributed by atoms with Crippen LogP contribution >= 0.6 is 0 Å². The van der Waals surface area contributed by atoms with Crippen LogP contribution in [0.3, 0.4) is 0 Å². The Morgan fingerprint density at radius 1 is 1.21 bits per heavy atom. The van der Waals surface area contributed by atoms with Crippen molar-refractivity contribution >= 4 is 17.6 Å². The van der Waals surface area contributed by atoms with Crippen LogP contribution in [0.1, 0.15) is 15.9 Å². The molecular formula is C13H20N4O2. The maximum Gasteiger partial charge on any atom is 0.316 e. The molecule has 1 aromatic rings. The first-order chi connectivity index (χ1) is 8.93. The van der Waals surface area contributed by atoms with Crippen molar-refractivity contribution in [3.8, 4) is 0 Å². The normalized spacial score (nSPS) is 9.84. The van der Waals surface area contributed by atoms with Gasteiger partial charge in [0.2, 0.25) is 0 Å². The van der Waals surface area contributed by atoms with Crippen LogP contribution in [0.4, 0.5) is 10.5 Å². The lowest BCUT2D eigenvalue weighted by Crippen LogP contribution is -2.39. The fourth-order valence-electron chi connectivity index (χ4n) is 1.50. The van der Waals surface area contributed by atoms with E-state index < -0.39 is 0 Å². The molecule has 3 amide bonds. The molecule has 0 aliphatic carbocycles. The van der Waals surface area contributed by atoms with Crippen molar-refractivity contribution in [3.05, 3.63) is 29.3 Å². The standard InChI is InChI=1S/C13H20N4O2/c1-9-10(5-4-6-11(9)14)12(18)15-7-8-16-13(19)17(2)3/h4-6H,7-8,14H2,1-3H3,(H,15,18)(H,16,19). The van der Waals surface area contributed by atoms with Crippen LogP contribution in [0.5, 0.6) is 0 Å². The van der Waals surface area contributed by atoms with Crippen molar-refractivity contribution in [2.45, 2.75) is 6.92 Å². The van der Waals surface area contributed by atoms with Gasteiger partial charge in [0.1, 0.15) is 0 Å². The molecule has 0 aromatic heterocycles. The first-order valence-electron chi connectivity index (χ1n) is 6.02. The van der Waals surface area contributed by atoms with E-state index in [-0.39, 0.29) is 11.9 Å². The van der Waals surface area contributed by atoms with E-state index >= 15 is 0 Å². The highest BCUT2D eigenvalue weighted by atomic mass is 16.2. The first-order valence-corrected chi connectivity index (χ1v) is 6.02. The molecular weight excluding hydrogens is 244 g/mol. The molecule has 6 nitrogen and oxygen atoms in total. The summed E-state index contributed by atoms with van der Waals surface area (Å²) in [5.41, 5.74) is 7.65. The van der Waals surface area contributed by atoms with E-state index in [0.29, 0.717) is 24.3 Å². The molecule has 0 aliphatic heterocycles. The SMILES string of the molecule is Cc1c(N)cccc1C(=O)NCCNC(=O)N(C)C. The summed E-state index contributed by atoms with van der Waals surface area (Å²) in [5.74, 6) is -0.191. The first kappa shape index (κ1) is 14.8. The van der Waals surface area contributed by atoms with Crippen LogP contribution in [0.2, 0.25) is 0 Å². The minimum atomic E-state index is -0.191. The average molecular weight is 264 g/mol. The molecule has 0 bridgehead atoms. The van der Waals surface area contributed by atoms with Crippen LogP contribution in [0, 0.1) is 6.92 Å². The molecule has 0 spiro atoms. The summed E-state index contributed by atoms with van der Waals surface area (Å²) in [4.78, 5) is 24.6. The Morgan fingerprint density at radius 3 is 2.47 bits per heavy atom. The Bertz CT molecular complexity index is 472. The van der Waals surface area contributed by atoms with Gasteiger partial charge in [0, 0.05) is 38.4 Å². The van der Waals surface area contributed by atoms with E-state index in [1.807, 2.05) is 0 Å². The summed E-state index contributed by atoms with van der Waals surface area (Å²) in [6, 6.07) is 5.03. The largest absolute Gasteiger partial charge is 0.398 e. The van der Waals surface area contributed by atoms with Gasteiger partial charge in [-0.1, -0.05) is 6.07 Å². The fraction of sp³-hybridized carbons (Fsp3) is 0.385. The smallest absolute Gasteiger partial charge is 0.316 e. The summed E-state index contributed by atoms with van der Waals surface area (Å²) < 4.78 is 0. The lowest BCUT2D eigenvalue weighted by Gasteiger charge is -2.13. The van der Waals surface area contributed by atoms with Crippen molar-refractivity contribution in [2.75, 3.05) is 32.9 Å². The average Bonchev–Trinajstić information content (AvgIpc) is 2.37. The number of nitrogen functional groups attached to an aromatic ring is 1. The summed E-state index contributed by atoms with van der Waals surface area (Å²) >= 11 is 0. The monoisotopic (exact) mass is 264 g/mol. The Balaban J connectivity index is 2.44. The summed E-state index contributed by atoms with van der Waals surface area (Å²) in [5, 5.41) is 5.40. The van der Waals surface area contributed by atoms with Crippen LogP contribution in [0.15, 0.2) is 18.2 Å². The number of nitrogens with zero attached hydrogens (tertiary/aromatic N) is 1. The third-order valence-electron chi connectivity index (χ3n) is 2.71. The van der Waals surface area contributed by atoms with Gasteiger partial charge in [-0.15, -0.1) is 0 Å². The van der Waals surface area contributed by atoms with Crippen molar-refractivity contribution in [1.82, 2.24) is 15.5 Å². The molecule has 0 radical (unpaired) electrons. The van der Waals surface area contributed by atoms with E-state index in [1.165, 1.54) is 4.90 Å². The summed E-state index contributed by atoms with van der Waals surface area (Å²) in [7, 11) is 3.31. The number of hydrogen-bond donors (Lipinski definition) is 3. The van der Waals surface area contributed by atoms with Crippen LogP contribution in [-0.2, 0) is 0 Å². The second kappa shape index (κ2) is 6.63. The minimum absolute atomic E-state index is 0.186. The number of nitrogens with one attached hydrogen (secondary N) is 2. The number of amides is 3.